The van der Waals surface area contributed by atoms with Crippen LogP contribution in [0.5, 0.6) is 0 Å². The summed E-state index contributed by atoms with van der Waals surface area (Å²) >= 11 is 0. The lowest BCUT2D eigenvalue weighted by molar-refractivity contribution is 0.0629. The number of hydrogen-bond acceptors (Lipinski definition) is 3. The van der Waals surface area contributed by atoms with Crippen molar-refractivity contribution in [2.75, 3.05) is 13.3 Å². The Morgan fingerprint density at radius 2 is 1.60 bits per heavy atom. The fourth-order valence-electron chi connectivity index (χ4n) is 1.81. The zero-order chi connectivity index (χ0) is 15.7. The van der Waals surface area contributed by atoms with E-state index in [9.17, 15) is 13.2 Å². The Morgan fingerprint density at radius 3 is 1.95 bits per heavy atom. The highest BCUT2D eigenvalue weighted by molar-refractivity contribution is 7.90. The van der Waals surface area contributed by atoms with Crippen LogP contribution in [0.15, 0.2) is 29.2 Å². The van der Waals surface area contributed by atoms with Crippen LogP contribution in [0.1, 0.15) is 38.1 Å². The van der Waals surface area contributed by atoms with Crippen molar-refractivity contribution in [1.29, 1.82) is 0 Å². The Morgan fingerprint density at radius 1 is 1.15 bits per heavy atom. The molecule has 0 fully saturated rings. The van der Waals surface area contributed by atoms with Gasteiger partial charge in [0, 0.05) is 24.9 Å². The number of carbonyl (C=O) groups is 1. The van der Waals surface area contributed by atoms with Gasteiger partial charge >= 0.3 is 0 Å². The van der Waals surface area contributed by atoms with Crippen LogP contribution in [0.25, 0.3) is 0 Å². The van der Waals surface area contributed by atoms with Crippen molar-refractivity contribution >= 4 is 15.7 Å². The highest BCUT2D eigenvalue weighted by Gasteiger charge is 2.27. The first kappa shape index (κ1) is 16.7. The molecule has 1 rings (SSSR count). The first-order valence-corrected chi connectivity index (χ1v) is 8.41. The SMILES string of the molecule is CC(N(C)C(=O)c1ccc(S(C)(=O)=O)cc1)C(C)(C)C. The summed E-state index contributed by atoms with van der Waals surface area (Å²) in [6, 6.07) is 6.13. The molecule has 0 bridgehead atoms. The maximum atomic E-state index is 12.4. The number of rotatable bonds is 3. The summed E-state index contributed by atoms with van der Waals surface area (Å²) in [4.78, 5) is 14.3. The number of carbonyl (C=O) groups excluding carboxylic acids is 1. The van der Waals surface area contributed by atoms with Gasteiger partial charge in [0.05, 0.1) is 4.90 Å². The van der Waals surface area contributed by atoms with Crippen LogP contribution in [-0.2, 0) is 9.84 Å². The van der Waals surface area contributed by atoms with Gasteiger partial charge < -0.3 is 4.90 Å². The van der Waals surface area contributed by atoms with Crippen molar-refractivity contribution < 1.29 is 13.2 Å². The molecule has 1 aromatic rings. The molecule has 5 heteroatoms. The van der Waals surface area contributed by atoms with E-state index in [1.807, 2.05) is 6.92 Å². The van der Waals surface area contributed by atoms with Gasteiger partial charge in [-0.2, -0.15) is 0 Å². The van der Waals surface area contributed by atoms with Gasteiger partial charge in [-0.25, -0.2) is 8.42 Å². The van der Waals surface area contributed by atoms with Gasteiger partial charge in [0.15, 0.2) is 9.84 Å². The van der Waals surface area contributed by atoms with Crippen LogP contribution in [-0.4, -0.2) is 38.6 Å². The lowest BCUT2D eigenvalue weighted by Gasteiger charge is -2.35. The summed E-state index contributed by atoms with van der Waals surface area (Å²) in [5.74, 6) is -0.104. The van der Waals surface area contributed by atoms with Crippen LogP contribution in [0.4, 0.5) is 0 Å². The number of hydrogen-bond donors (Lipinski definition) is 0. The van der Waals surface area contributed by atoms with E-state index in [0.29, 0.717) is 5.56 Å². The van der Waals surface area contributed by atoms with Gasteiger partial charge in [-0.1, -0.05) is 20.8 Å². The van der Waals surface area contributed by atoms with Crippen molar-refractivity contribution in [2.45, 2.75) is 38.6 Å². The zero-order valence-corrected chi connectivity index (χ0v) is 13.8. The molecule has 0 saturated heterocycles. The molecule has 0 radical (unpaired) electrons. The van der Waals surface area contributed by atoms with Gasteiger partial charge in [0.25, 0.3) is 5.91 Å². The van der Waals surface area contributed by atoms with Crippen molar-refractivity contribution in [3.63, 3.8) is 0 Å². The molecule has 1 amide bonds. The maximum absolute atomic E-state index is 12.4. The van der Waals surface area contributed by atoms with E-state index in [0.717, 1.165) is 6.26 Å². The van der Waals surface area contributed by atoms with Gasteiger partial charge in [-0.3, -0.25) is 4.79 Å². The minimum atomic E-state index is -3.23. The average molecular weight is 297 g/mol. The smallest absolute Gasteiger partial charge is 0.253 e. The Hall–Kier alpha value is -1.36. The quantitative estimate of drug-likeness (QED) is 0.861. The Bertz CT molecular complexity index is 583. The summed E-state index contributed by atoms with van der Waals surface area (Å²) in [5.41, 5.74) is 0.480. The summed E-state index contributed by atoms with van der Waals surface area (Å²) in [6.45, 7) is 8.24. The Balaban J connectivity index is 2.99. The highest BCUT2D eigenvalue weighted by Crippen LogP contribution is 2.24. The summed E-state index contributed by atoms with van der Waals surface area (Å²) in [6.07, 6.45) is 1.15. The second kappa shape index (κ2) is 5.56. The van der Waals surface area contributed by atoms with Crippen molar-refractivity contribution in [1.82, 2.24) is 4.90 Å². The fraction of sp³-hybridized carbons (Fsp3) is 0.533. The molecule has 20 heavy (non-hydrogen) atoms. The van der Waals surface area contributed by atoms with Gasteiger partial charge in [-0.05, 0) is 36.6 Å². The molecular weight excluding hydrogens is 274 g/mol. The standard InChI is InChI=1S/C15H23NO3S/c1-11(15(2,3)4)16(5)14(17)12-7-9-13(10-8-12)20(6,18)19/h7-11H,1-6H3. The van der Waals surface area contributed by atoms with Crippen LogP contribution in [0, 0.1) is 5.41 Å². The first-order chi connectivity index (χ1) is 8.94. The second-order valence-electron chi connectivity index (χ2n) is 6.25. The average Bonchev–Trinajstić information content (AvgIpc) is 2.34. The van der Waals surface area contributed by atoms with Crippen LogP contribution in [0.2, 0.25) is 0 Å². The number of nitrogens with zero attached hydrogens (tertiary/aromatic N) is 1. The topological polar surface area (TPSA) is 54.5 Å². The molecule has 0 aromatic heterocycles. The lowest BCUT2D eigenvalue weighted by Crippen LogP contribution is -2.42. The molecule has 0 N–H and O–H groups in total. The largest absolute Gasteiger partial charge is 0.338 e. The van der Waals surface area contributed by atoms with Crippen molar-refractivity contribution in [3.05, 3.63) is 29.8 Å². The van der Waals surface area contributed by atoms with E-state index in [1.54, 1.807) is 24.1 Å². The molecular formula is C15H23NO3S. The molecule has 1 unspecified atom stereocenters. The van der Waals surface area contributed by atoms with Crippen LogP contribution < -0.4 is 0 Å². The van der Waals surface area contributed by atoms with Crippen molar-refractivity contribution in [3.8, 4) is 0 Å². The normalized spacial score (nSPS) is 13.9. The third-order valence-corrected chi connectivity index (χ3v) is 4.81. The number of sulfone groups is 1. The molecule has 0 aliphatic heterocycles. The van der Waals surface area contributed by atoms with Gasteiger partial charge in [0.1, 0.15) is 0 Å². The molecule has 0 aliphatic carbocycles. The van der Waals surface area contributed by atoms with E-state index in [4.69, 9.17) is 0 Å². The molecule has 1 atom stereocenters. The monoisotopic (exact) mass is 297 g/mol. The van der Waals surface area contributed by atoms with E-state index in [2.05, 4.69) is 20.8 Å². The fourth-order valence-corrected chi connectivity index (χ4v) is 2.44. The number of amides is 1. The third-order valence-electron chi connectivity index (χ3n) is 3.68. The zero-order valence-electron chi connectivity index (χ0n) is 13.0. The van der Waals surface area contributed by atoms with Crippen LogP contribution in [0.3, 0.4) is 0 Å². The predicted molar refractivity (Wildman–Crippen MR) is 80.6 cm³/mol. The Kier molecular flexibility index (Phi) is 4.64. The van der Waals surface area contributed by atoms with Gasteiger partial charge in [-0.15, -0.1) is 0 Å². The molecule has 0 aliphatic rings. The van der Waals surface area contributed by atoms with Gasteiger partial charge in [0.2, 0.25) is 0 Å². The molecule has 4 nitrogen and oxygen atoms in total. The molecule has 0 spiro atoms. The highest BCUT2D eigenvalue weighted by atomic mass is 32.2. The summed E-state index contributed by atoms with van der Waals surface area (Å²) in [5, 5.41) is 0. The first-order valence-electron chi connectivity index (χ1n) is 6.52. The third kappa shape index (κ3) is 3.82. The molecule has 0 heterocycles. The van der Waals surface area contributed by atoms with E-state index in [1.165, 1.54) is 12.1 Å². The van der Waals surface area contributed by atoms with E-state index >= 15 is 0 Å². The van der Waals surface area contributed by atoms with Crippen molar-refractivity contribution in [2.24, 2.45) is 5.41 Å². The molecule has 112 valence electrons. The minimum absolute atomic E-state index is 0.0168. The van der Waals surface area contributed by atoms with E-state index in [-0.39, 0.29) is 22.3 Å². The maximum Gasteiger partial charge on any atom is 0.253 e. The Labute approximate surface area is 121 Å². The second-order valence-corrected chi connectivity index (χ2v) is 8.27. The molecule has 1 aromatic carbocycles. The lowest BCUT2D eigenvalue weighted by atomic mass is 9.87. The van der Waals surface area contributed by atoms with E-state index < -0.39 is 9.84 Å². The number of benzene rings is 1. The minimum Gasteiger partial charge on any atom is -0.338 e. The summed E-state index contributed by atoms with van der Waals surface area (Å²) in [7, 11) is -1.46. The summed E-state index contributed by atoms with van der Waals surface area (Å²) < 4.78 is 22.8. The molecule has 0 saturated carbocycles. The predicted octanol–water partition coefficient (Wildman–Crippen LogP) is 2.60. The van der Waals surface area contributed by atoms with Crippen LogP contribution >= 0.6 is 0 Å².